The molecule has 1 amide bonds. The molecule has 5 nitrogen and oxygen atoms in total. The van der Waals surface area contributed by atoms with Crippen LogP contribution in [0.3, 0.4) is 0 Å². The van der Waals surface area contributed by atoms with Crippen molar-refractivity contribution in [3.8, 4) is 0 Å². The number of carboxylic acid groups (broad SMARTS) is 1. The lowest BCUT2D eigenvalue weighted by Gasteiger charge is -2.26. The fraction of sp³-hybridized carbons (Fsp3) is 0.778. The zero-order valence-corrected chi connectivity index (χ0v) is 9.08. The van der Waals surface area contributed by atoms with E-state index in [4.69, 9.17) is 5.11 Å². The molecule has 17 heavy (non-hydrogen) atoms. The molecule has 0 aromatic carbocycles. The molecule has 8 heteroatoms. The Bertz CT molecular complexity index is 331. The lowest BCUT2D eigenvalue weighted by molar-refractivity contribution is -0.227. The van der Waals surface area contributed by atoms with E-state index in [2.05, 4.69) is 4.74 Å². The first-order chi connectivity index (χ1) is 7.74. The molecule has 98 valence electrons. The van der Waals surface area contributed by atoms with Gasteiger partial charge in [0, 0.05) is 13.1 Å². The lowest BCUT2D eigenvalue weighted by Crippen LogP contribution is -2.47. The zero-order chi connectivity index (χ0) is 13.3. The maximum absolute atomic E-state index is 12.7. The normalized spacial score (nSPS) is 24.8. The number of amides is 1. The van der Waals surface area contributed by atoms with E-state index in [9.17, 15) is 22.8 Å². The van der Waals surface area contributed by atoms with Crippen molar-refractivity contribution in [2.75, 3.05) is 19.7 Å². The summed E-state index contributed by atoms with van der Waals surface area (Å²) in [6.45, 7) is 0.374. The molecule has 0 aromatic heterocycles. The van der Waals surface area contributed by atoms with Crippen molar-refractivity contribution in [2.45, 2.75) is 19.5 Å². The van der Waals surface area contributed by atoms with Crippen molar-refractivity contribution in [1.29, 1.82) is 0 Å². The van der Waals surface area contributed by atoms with Crippen LogP contribution in [-0.2, 0) is 9.53 Å². The molecule has 1 atom stereocenters. The smallest absolute Gasteiger partial charge is 0.409 e. The van der Waals surface area contributed by atoms with Crippen LogP contribution in [0.15, 0.2) is 0 Å². The molecule has 1 fully saturated rings. The van der Waals surface area contributed by atoms with Gasteiger partial charge in [0.25, 0.3) is 0 Å². The molecule has 0 saturated carbocycles. The van der Waals surface area contributed by atoms with Gasteiger partial charge in [-0.2, -0.15) is 13.2 Å². The predicted molar refractivity (Wildman–Crippen MR) is 49.3 cm³/mol. The largest absolute Gasteiger partial charge is 0.481 e. The Kier molecular flexibility index (Phi) is 3.53. The molecule has 1 N–H and O–H groups in total. The van der Waals surface area contributed by atoms with Crippen LogP contribution in [-0.4, -0.2) is 47.9 Å². The van der Waals surface area contributed by atoms with E-state index in [0.717, 1.165) is 4.90 Å². The number of rotatable bonds is 2. The average Bonchev–Trinajstić information content (AvgIpc) is 2.62. The van der Waals surface area contributed by atoms with Crippen molar-refractivity contribution >= 4 is 12.1 Å². The molecule has 1 aliphatic heterocycles. The van der Waals surface area contributed by atoms with Crippen LogP contribution in [0.5, 0.6) is 0 Å². The van der Waals surface area contributed by atoms with E-state index in [1.165, 1.54) is 6.92 Å². The minimum Gasteiger partial charge on any atom is -0.481 e. The highest BCUT2D eigenvalue weighted by molar-refractivity contribution is 5.78. The Morgan fingerprint density at radius 1 is 1.47 bits per heavy atom. The van der Waals surface area contributed by atoms with E-state index in [1.54, 1.807) is 0 Å². The minimum absolute atomic E-state index is 0.0292. The summed E-state index contributed by atoms with van der Waals surface area (Å²) in [6.07, 6.45) is -6.45. The summed E-state index contributed by atoms with van der Waals surface area (Å²) in [5.41, 5.74) is -2.88. The molecule has 0 bridgehead atoms. The Morgan fingerprint density at radius 3 is 2.41 bits per heavy atom. The van der Waals surface area contributed by atoms with Gasteiger partial charge in [-0.05, 0) is 13.3 Å². The van der Waals surface area contributed by atoms with Crippen molar-refractivity contribution < 1.29 is 32.6 Å². The maximum atomic E-state index is 12.7. The van der Waals surface area contributed by atoms with Gasteiger partial charge in [-0.1, -0.05) is 0 Å². The molecular weight excluding hydrogens is 243 g/mol. The number of nitrogens with zero attached hydrogens (tertiary/aromatic N) is 1. The summed E-state index contributed by atoms with van der Waals surface area (Å²) in [5.74, 6) is -1.96. The molecule has 0 spiro atoms. The fourth-order valence-electron chi connectivity index (χ4n) is 1.71. The first kappa shape index (κ1) is 13.6. The number of ether oxygens (including phenoxy) is 1. The second-order valence-electron chi connectivity index (χ2n) is 3.76. The number of halogens is 3. The Hall–Kier alpha value is -1.47. The molecule has 1 aliphatic rings. The van der Waals surface area contributed by atoms with Crippen LogP contribution >= 0.6 is 0 Å². The van der Waals surface area contributed by atoms with Gasteiger partial charge in [-0.3, -0.25) is 4.79 Å². The Morgan fingerprint density at radius 2 is 2.06 bits per heavy atom. The number of likely N-dealkylation sites (tertiary alicyclic amines) is 1. The average molecular weight is 255 g/mol. The summed E-state index contributed by atoms with van der Waals surface area (Å²) in [7, 11) is 0. The second-order valence-corrected chi connectivity index (χ2v) is 3.76. The molecule has 1 heterocycles. The van der Waals surface area contributed by atoms with E-state index < -0.39 is 36.6 Å². The van der Waals surface area contributed by atoms with Crippen molar-refractivity contribution in [3.63, 3.8) is 0 Å². The van der Waals surface area contributed by atoms with Crippen LogP contribution in [0.2, 0.25) is 0 Å². The predicted octanol–water partition coefficient (Wildman–Crippen LogP) is 1.48. The van der Waals surface area contributed by atoms with Crippen LogP contribution in [0.1, 0.15) is 13.3 Å². The summed E-state index contributed by atoms with van der Waals surface area (Å²) in [6, 6.07) is 0. The summed E-state index contributed by atoms with van der Waals surface area (Å²) in [5, 5.41) is 8.73. The number of carbonyl (C=O) groups is 2. The molecule has 0 radical (unpaired) electrons. The number of hydrogen-bond donors (Lipinski definition) is 1. The van der Waals surface area contributed by atoms with Gasteiger partial charge < -0.3 is 14.7 Å². The van der Waals surface area contributed by atoms with Crippen molar-refractivity contribution in [1.82, 2.24) is 4.90 Å². The van der Waals surface area contributed by atoms with E-state index in [1.807, 2.05) is 0 Å². The van der Waals surface area contributed by atoms with Gasteiger partial charge in [0.05, 0.1) is 6.61 Å². The second kappa shape index (κ2) is 4.42. The molecule has 1 rings (SSSR count). The van der Waals surface area contributed by atoms with Gasteiger partial charge in [0.15, 0.2) is 5.41 Å². The first-order valence-corrected chi connectivity index (χ1v) is 4.96. The summed E-state index contributed by atoms with van der Waals surface area (Å²) >= 11 is 0. The summed E-state index contributed by atoms with van der Waals surface area (Å²) < 4.78 is 42.7. The quantitative estimate of drug-likeness (QED) is 0.811. The standard InChI is InChI=1S/C9H12F3NO4/c1-2-17-7(16)13-4-3-8(5-13,6(14)15)9(10,11)12/h2-5H2,1H3,(H,14,15). The molecule has 1 saturated heterocycles. The van der Waals surface area contributed by atoms with E-state index >= 15 is 0 Å². The molecule has 1 unspecified atom stereocenters. The van der Waals surface area contributed by atoms with Gasteiger partial charge in [0.1, 0.15) is 0 Å². The van der Waals surface area contributed by atoms with Crippen molar-refractivity contribution in [3.05, 3.63) is 0 Å². The van der Waals surface area contributed by atoms with Gasteiger partial charge in [-0.25, -0.2) is 4.79 Å². The van der Waals surface area contributed by atoms with E-state index in [0.29, 0.717) is 0 Å². The maximum Gasteiger partial charge on any atom is 0.409 e. The van der Waals surface area contributed by atoms with Crippen LogP contribution in [0.4, 0.5) is 18.0 Å². The number of alkyl halides is 3. The summed E-state index contributed by atoms with van der Waals surface area (Å²) in [4.78, 5) is 22.8. The third-order valence-corrected chi connectivity index (χ3v) is 2.75. The first-order valence-electron chi connectivity index (χ1n) is 4.96. The number of carbonyl (C=O) groups excluding carboxylic acids is 1. The topological polar surface area (TPSA) is 66.8 Å². The number of aliphatic carboxylic acids is 1. The zero-order valence-electron chi connectivity index (χ0n) is 9.08. The molecule has 0 aliphatic carbocycles. The SMILES string of the molecule is CCOC(=O)N1CCC(C(=O)O)(C(F)(F)F)C1. The number of hydrogen-bond acceptors (Lipinski definition) is 3. The highest BCUT2D eigenvalue weighted by Gasteiger charge is 2.64. The van der Waals surface area contributed by atoms with Crippen molar-refractivity contribution in [2.24, 2.45) is 5.41 Å². The fourth-order valence-corrected chi connectivity index (χ4v) is 1.71. The highest BCUT2D eigenvalue weighted by Crippen LogP contribution is 2.45. The third kappa shape index (κ3) is 2.29. The molecule has 0 aromatic rings. The van der Waals surface area contributed by atoms with Crippen LogP contribution in [0.25, 0.3) is 0 Å². The minimum atomic E-state index is -4.89. The van der Waals surface area contributed by atoms with Gasteiger partial charge >= 0.3 is 18.2 Å². The third-order valence-electron chi connectivity index (χ3n) is 2.75. The van der Waals surface area contributed by atoms with Gasteiger partial charge in [-0.15, -0.1) is 0 Å². The van der Waals surface area contributed by atoms with Crippen LogP contribution < -0.4 is 0 Å². The Labute approximate surface area is 95.1 Å². The Balaban J connectivity index is 2.87. The highest BCUT2D eigenvalue weighted by atomic mass is 19.4. The van der Waals surface area contributed by atoms with Crippen LogP contribution in [0, 0.1) is 5.41 Å². The molecular formula is C9H12F3NO4. The van der Waals surface area contributed by atoms with Gasteiger partial charge in [0.2, 0.25) is 0 Å². The lowest BCUT2D eigenvalue weighted by atomic mass is 9.86. The van der Waals surface area contributed by atoms with E-state index in [-0.39, 0.29) is 13.2 Å². The number of carboxylic acids is 1. The monoisotopic (exact) mass is 255 g/mol.